The molecular formula is C26H30N6O5. The Kier molecular flexibility index (Phi) is 6.10. The van der Waals surface area contributed by atoms with Crippen molar-refractivity contribution in [3.05, 3.63) is 79.4 Å². The molecule has 1 fully saturated rings. The summed E-state index contributed by atoms with van der Waals surface area (Å²) in [6.45, 7) is 11.0. The van der Waals surface area contributed by atoms with Gasteiger partial charge in [0.05, 0.1) is 21.7 Å². The van der Waals surface area contributed by atoms with E-state index in [1.54, 1.807) is 36.3 Å². The molecule has 0 bridgehead atoms. The van der Waals surface area contributed by atoms with E-state index in [-0.39, 0.29) is 16.3 Å². The van der Waals surface area contributed by atoms with Crippen LogP contribution in [-0.4, -0.2) is 56.1 Å². The Morgan fingerprint density at radius 1 is 1.05 bits per heavy atom. The minimum absolute atomic E-state index is 0.0152. The quantitative estimate of drug-likeness (QED) is 0.358. The highest BCUT2D eigenvalue weighted by atomic mass is 16.6. The van der Waals surface area contributed by atoms with Crippen LogP contribution in [0.25, 0.3) is 5.69 Å². The van der Waals surface area contributed by atoms with Gasteiger partial charge in [0.1, 0.15) is 17.0 Å². The highest BCUT2D eigenvalue weighted by Crippen LogP contribution is 2.46. The average molecular weight is 507 g/mol. The van der Waals surface area contributed by atoms with E-state index in [9.17, 15) is 20.2 Å². The smallest absolute Gasteiger partial charge is 0.293 e. The minimum Gasteiger partial charge on any atom is -0.487 e. The molecule has 1 saturated heterocycles. The molecule has 0 N–H and O–H groups in total. The van der Waals surface area contributed by atoms with Crippen molar-refractivity contribution in [3.8, 4) is 11.4 Å². The summed E-state index contributed by atoms with van der Waals surface area (Å²) in [6.07, 6.45) is 5.46. The number of anilines is 1. The van der Waals surface area contributed by atoms with Gasteiger partial charge in [-0.05, 0) is 39.8 Å². The molecule has 0 atom stereocenters. The van der Waals surface area contributed by atoms with E-state index in [1.165, 1.54) is 6.07 Å². The molecular weight excluding hydrogens is 476 g/mol. The molecule has 3 heterocycles. The van der Waals surface area contributed by atoms with Crippen molar-refractivity contribution >= 4 is 17.1 Å². The van der Waals surface area contributed by atoms with Crippen molar-refractivity contribution in [1.82, 2.24) is 14.5 Å². The SMILES string of the molecule is Cc1c(C)c([N+](=O)[O-])c(CN2CCN(c3ccc([N+](=O)[O-])c(-n4ccnc4)c3)CC2)c2c1OC(C)(C)C2. The first-order valence-electron chi connectivity index (χ1n) is 12.3. The largest absolute Gasteiger partial charge is 0.487 e. The molecule has 0 aliphatic carbocycles. The molecule has 11 heteroatoms. The van der Waals surface area contributed by atoms with Crippen LogP contribution in [0.15, 0.2) is 36.9 Å². The molecule has 1 aromatic heterocycles. The van der Waals surface area contributed by atoms with Gasteiger partial charge in [-0.15, -0.1) is 0 Å². The van der Waals surface area contributed by atoms with Crippen LogP contribution in [0.1, 0.15) is 36.1 Å². The van der Waals surface area contributed by atoms with Gasteiger partial charge in [0.15, 0.2) is 0 Å². The molecule has 37 heavy (non-hydrogen) atoms. The van der Waals surface area contributed by atoms with E-state index in [0.717, 1.165) is 28.1 Å². The van der Waals surface area contributed by atoms with Gasteiger partial charge in [-0.25, -0.2) is 4.98 Å². The van der Waals surface area contributed by atoms with Gasteiger partial charge in [0, 0.05) is 80.0 Å². The topological polar surface area (TPSA) is 120 Å². The number of imidazole rings is 1. The van der Waals surface area contributed by atoms with Crippen molar-refractivity contribution in [1.29, 1.82) is 0 Å². The van der Waals surface area contributed by atoms with Crippen LogP contribution in [0.4, 0.5) is 17.1 Å². The number of fused-ring (bicyclic) bond motifs is 1. The number of nitrogens with zero attached hydrogens (tertiary/aromatic N) is 6. The third-order valence-electron chi connectivity index (χ3n) is 7.40. The monoisotopic (exact) mass is 506 g/mol. The van der Waals surface area contributed by atoms with Crippen molar-refractivity contribution < 1.29 is 14.6 Å². The summed E-state index contributed by atoms with van der Waals surface area (Å²) in [6, 6.07) is 5.12. The van der Waals surface area contributed by atoms with Crippen LogP contribution < -0.4 is 9.64 Å². The minimum atomic E-state index is -0.398. The van der Waals surface area contributed by atoms with E-state index in [2.05, 4.69) is 14.8 Å². The van der Waals surface area contributed by atoms with Gasteiger partial charge in [-0.2, -0.15) is 0 Å². The fraction of sp³-hybridized carbons (Fsp3) is 0.423. The van der Waals surface area contributed by atoms with Gasteiger partial charge >= 0.3 is 0 Å². The number of benzene rings is 2. The Bertz CT molecular complexity index is 1380. The lowest BCUT2D eigenvalue weighted by molar-refractivity contribution is -0.386. The molecule has 2 aliphatic heterocycles. The highest BCUT2D eigenvalue weighted by Gasteiger charge is 2.38. The predicted molar refractivity (Wildman–Crippen MR) is 139 cm³/mol. The third-order valence-corrected chi connectivity index (χ3v) is 7.40. The predicted octanol–water partition coefficient (Wildman–Crippen LogP) is 4.34. The lowest BCUT2D eigenvalue weighted by Crippen LogP contribution is -2.46. The summed E-state index contributed by atoms with van der Waals surface area (Å²) in [4.78, 5) is 31.5. The zero-order valence-electron chi connectivity index (χ0n) is 21.4. The lowest BCUT2D eigenvalue weighted by atomic mass is 9.91. The molecule has 5 rings (SSSR count). The Morgan fingerprint density at radius 3 is 2.41 bits per heavy atom. The van der Waals surface area contributed by atoms with Gasteiger partial charge < -0.3 is 14.2 Å². The van der Waals surface area contributed by atoms with E-state index in [4.69, 9.17) is 4.74 Å². The van der Waals surface area contributed by atoms with Crippen LogP contribution in [0.3, 0.4) is 0 Å². The maximum absolute atomic E-state index is 12.1. The van der Waals surface area contributed by atoms with Gasteiger partial charge in [0.25, 0.3) is 11.4 Å². The first-order chi connectivity index (χ1) is 17.6. The van der Waals surface area contributed by atoms with Gasteiger partial charge in [0.2, 0.25) is 0 Å². The molecule has 2 aliphatic rings. The van der Waals surface area contributed by atoms with Gasteiger partial charge in [-0.1, -0.05) is 0 Å². The van der Waals surface area contributed by atoms with E-state index in [1.807, 2.05) is 26.8 Å². The number of nitro groups is 2. The Labute approximate surface area is 214 Å². The van der Waals surface area contributed by atoms with Crippen LogP contribution in [0.5, 0.6) is 5.75 Å². The first-order valence-corrected chi connectivity index (χ1v) is 12.3. The summed E-state index contributed by atoms with van der Waals surface area (Å²) < 4.78 is 7.85. The summed E-state index contributed by atoms with van der Waals surface area (Å²) in [7, 11) is 0. The first kappa shape index (κ1) is 24.7. The number of hydrogen-bond donors (Lipinski definition) is 0. The number of aromatic nitrogens is 2. The second-order valence-electron chi connectivity index (χ2n) is 10.3. The van der Waals surface area contributed by atoms with E-state index in [0.29, 0.717) is 50.4 Å². The standard InChI is InChI=1S/C26H30N6O5/c1-17-18(2)25-20(14-26(3,4)37-25)21(24(17)32(35)36)15-28-9-11-29(12-10-28)19-5-6-22(31(33)34)23(13-19)30-8-7-27-16-30/h5-8,13,16H,9-12,14-15H2,1-4H3. The third kappa shape index (κ3) is 4.50. The summed E-state index contributed by atoms with van der Waals surface area (Å²) in [5.41, 5.74) is 4.36. The number of nitro benzene ring substituents is 2. The van der Waals surface area contributed by atoms with Crippen LogP contribution in [0, 0.1) is 34.1 Å². The van der Waals surface area contributed by atoms with E-state index >= 15 is 0 Å². The average Bonchev–Trinajstić information content (AvgIpc) is 3.50. The Morgan fingerprint density at radius 2 is 1.78 bits per heavy atom. The van der Waals surface area contributed by atoms with Crippen molar-refractivity contribution in [2.24, 2.45) is 0 Å². The number of ether oxygens (including phenoxy) is 1. The fourth-order valence-electron chi connectivity index (χ4n) is 5.42. The van der Waals surface area contributed by atoms with Crippen molar-refractivity contribution in [2.75, 3.05) is 31.1 Å². The number of rotatable bonds is 6. The molecule has 0 amide bonds. The Hall–Kier alpha value is -3.99. The molecule has 2 aromatic carbocycles. The Balaban J connectivity index is 1.38. The van der Waals surface area contributed by atoms with Crippen LogP contribution in [0.2, 0.25) is 0 Å². The molecule has 0 radical (unpaired) electrons. The molecule has 11 nitrogen and oxygen atoms in total. The second kappa shape index (κ2) is 9.15. The van der Waals surface area contributed by atoms with E-state index < -0.39 is 10.5 Å². The second-order valence-corrected chi connectivity index (χ2v) is 10.3. The molecule has 0 spiro atoms. The molecule has 194 valence electrons. The molecule has 3 aromatic rings. The normalized spacial score (nSPS) is 16.9. The lowest BCUT2D eigenvalue weighted by Gasteiger charge is -2.36. The molecule has 0 unspecified atom stereocenters. The maximum Gasteiger partial charge on any atom is 0.293 e. The maximum atomic E-state index is 12.1. The summed E-state index contributed by atoms with van der Waals surface area (Å²) in [5.74, 6) is 0.791. The fourth-order valence-corrected chi connectivity index (χ4v) is 5.42. The van der Waals surface area contributed by atoms with Crippen molar-refractivity contribution in [3.63, 3.8) is 0 Å². The highest BCUT2D eigenvalue weighted by molar-refractivity contribution is 5.65. The van der Waals surface area contributed by atoms with Crippen molar-refractivity contribution in [2.45, 2.75) is 46.3 Å². The number of piperazine rings is 1. The summed E-state index contributed by atoms with van der Waals surface area (Å²) >= 11 is 0. The molecule has 0 saturated carbocycles. The summed E-state index contributed by atoms with van der Waals surface area (Å²) in [5, 5.41) is 23.7. The van der Waals surface area contributed by atoms with Crippen LogP contribution in [-0.2, 0) is 13.0 Å². The van der Waals surface area contributed by atoms with Crippen LogP contribution >= 0.6 is 0 Å². The zero-order valence-corrected chi connectivity index (χ0v) is 21.4. The zero-order chi connectivity index (χ0) is 26.5. The van der Waals surface area contributed by atoms with Gasteiger partial charge in [-0.3, -0.25) is 25.1 Å². The number of hydrogen-bond acceptors (Lipinski definition) is 8.